The van der Waals surface area contributed by atoms with Gasteiger partial charge in [-0.05, 0) is 48.0 Å². The van der Waals surface area contributed by atoms with Crippen molar-refractivity contribution in [3.8, 4) is 0 Å². The molecule has 3 N–H and O–H groups in total. The summed E-state index contributed by atoms with van der Waals surface area (Å²) in [5, 5.41) is 7.41. The lowest BCUT2D eigenvalue weighted by Crippen LogP contribution is -2.31. The lowest BCUT2D eigenvalue weighted by molar-refractivity contribution is -0.137. The van der Waals surface area contributed by atoms with Gasteiger partial charge in [0.2, 0.25) is 11.8 Å². The predicted molar refractivity (Wildman–Crippen MR) is 123 cm³/mol. The van der Waals surface area contributed by atoms with Crippen LogP contribution in [0.25, 0.3) is 6.08 Å². The van der Waals surface area contributed by atoms with Crippen LogP contribution in [0.2, 0.25) is 0 Å². The fourth-order valence-corrected chi connectivity index (χ4v) is 2.88. The Hall–Kier alpha value is -4.40. The molecule has 0 radical (unpaired) electrons. The van der Waals surface area contributed by atoms with Crippen LogP contribution in [0.1, 0.15) is 21.5 Å². The standard InChI is InChI=1S/C25H20F3N3O3/c26-25(27,28)19-9-5-11-21(15-19)31-24(34)18-8-4-10-20(14-18)30-23(33)16-29-22(32)13-12-17-6-2-1-3-7-17/h1-15H,16H2,(H,29,32)(H,30,33)(H,31,34)/b13-12+. The van der Waals surface area contributed by atoms with Crippen LogP contribution in [0.3, 0.4) is 0 Å². The first-order valence-corrected chi connectivity index (χ1v) is 10.1. The molecule has 0 saturated carbocycles. The summed E-state index contributed by atoms with van der Waals surface area (Å²) in [5.74, 6) is -1.61. The number of carbonyl (C=O) groups is 3. The van der Waals surface area contributed by atoms with Crippen LogP contribution in [0.4, 0.5) is 24.5 Å². The molecule has 3 aromatic carbocycles. The number of alkyl halides is 3. The van der Waals surface area contributed by atoms with Crippen molar-refractivity contribution in [2.24, 2.45) is 0 Å². The molecule has 0 atom stereocenters. The van der Waals surface area contributed by atoms with E-state index in [1.165, 1.54) is 42.5 Å². The number of benzene rings is 3. The highest BCUT2D eigenvalue weighted by molar-refractivity contribution is 6.05. The molecule has 9 heteroatoms. The van der Waals surface area contributed by atoms with Crippen molar-refractivity contribution in [2.75, 3.05) is 17.2 Å². The maximum Gasteiger partial charge on any atom is 0.416 e. The lowest BCUT2D eigenvalue weighted by Gasteiger charge is -2.11. The monoisotopic (exact) mass is 467 g/mol. The second-order valence-corrected chi connectivity index (χ2v) is 7.12. The summed E-state index contributed by atoms with van der Waals surface area (Å²) in [5.41, 5.74) is 0.357. The van der Waals surface area contributed by atoms with E-state index < -0.39 is 29.5 Å². The zero-order chi connectivity index (χ0) is 24.6. The van der Waals surface area contributed by atoms with Gasteiger partial charge in [0.15, 0.2) is 0 Å². The minimum absolute atomic E-state index is 0.0134. The number of carbonyl (C=O) groups excluding carboxylic acids is 3. The maximum atomic E-state index is 12.9. The molecule has 3 amide bonds. The molecule has 0 spiro atoms. The fraction of sp³-hybridized carbons (Fsp3) is 0.0800. The predicted octanol–water partition coefficient (Wildman–Crippen LogP) is 4.73. The minimum atomic E-state index is -4.53. The highest BCUT2D eigenvalue weighted by Gasteiger charge is 2.30. The van der Waals surface area contributed by atoms with Crippen molar-refractivity contribution in [3.63, 3.8) is 0 Å². The third-order valence-corrected chi connectivity index (χ3v) is 4.51. The Morgan fingerprint density at radius 1 is 0.794 bits per heavy atom. The summed E-state index contributed by atoms with van der Waals surface area (Å²) in [7, 11) is 0. The van der Waals surface area contributed by atoms with Crippen LogP contribution in [-0.4, -0.2) is 24.3 Å². The fourth-order valence-electron chi connectivity index (χ4n) is 2.88. The molecule has 3 aromatic rings. The van der Waals surface area contributed by atoms with Crippen molar-refractivity contribution < 1.29 is 27.6 Å². The SMILES string of the molecule is O=C(/C=C/c1ccccc1)NCC(=O)Nc1cccc(C(=O)Nc2cccc(C(F)(F)F)c2)c1. The molecular formula is C25H20F3N3O3. The van der Waals surface area contributed by atoms with E-state index in [4.69, 9.17) is 0 Å². The topological polar surface area (TPSA) is 87.3 Å². The van der Waals surface area contributed by atoms with Gasteiger partial charge >= 0.3 is 6.18 Å². The molecular weight excluding hydrogens is 447 g/mol. The smallest absolute Gasteiger partial charge is 0.343 e. The number of amides is 3. The van der Waals surface area contributed by atoms with Crippen molar-refractivity contribution in [1.82, 2.24) is 5.32 Å². The summed E-state index contributed by atoms with van der Waals surface area (Å²) in [6.45, 7) is -0.293. The summed E-state index contributed by atoms with van der Waals surface area (Å²) >= 11 is 0. The normalized spacial score (nSPS) is 11.1. The van der Waals surface area contributed by atoms with Crippen molar-refractivity contribution in [3.05, 3.63) is 102 Å². The number of hydrogen-bond donors (Lipinski definition) is 3. The first kappa shape index (κ1) is 24.2. The van der Waals surface area contributed by atoms with Gasteiger partial charge in [-0.2, -0.15) is 13.2 Å². The Kier molecular flexibility index (Phi) is 7.81. The number of hydrogen-bond acceptors (Lipinski definition) is 3. The largest absolute Gasteiger partial charge is 0.416 e. The Balaban J connectivity index is 1.54. The van der Waals surface area contributed by atoms with Gasteiger partial charge in [-0.1, -0.05) is 42.5 Å². The highest BCUT2D eigenvalue weighted by Crippen LogP contribution is 2.30. The molecule has 0 heterocycles. The van der Waals surface area contributed by atoms with Gasteiger partial charge in [-0.3, -0.25) is 14.4 Å². The van der Waals surface area contributed by atoms with E-state index in [9.17, 15) is 27.6 Å². The van der Waals surface area contributed by atoms with Gasteiger partial charge in [-0.15, -0.1) is 0 Å². The molecule has 3 rings (SSSR count). The third-order valence-electron chi connectivity index (χ3n) is 4.51. The first-order valence-electron chi connectivity index (χ1n) is 10.1. The molecule has 0 fully saturated rings. The Morgan fingerprint density at radius 2 is 1.47 bits per heavy atom. The van der Waals surface area contributed by atoms with Gasteiger partial charge in [0.1, 0.15) is 0 Å². The maximum absolute atomic E-state index is 12.9. The van der Waals surface area contributed by atoms with E-state index in [1.807, 2.05) is 30.3 Å². The van der Waals surface area contributed by atoms with Gasteiger partial charge in [0.25, 0.3) is 5.91 Å². The molecule has 0 aliphatic carbocycles. The van der Waals surface area contributed by atoms with E-state index >= 15 is 0 Å². The van der Waals surface area contributed by atoms with Crippen molar-refractivity contribution in [2.45, 2.75) is 6.18 Å². The number of nitrogens with one attached hydrogen (secondary N) is 3. The van der Waals surface area contributed by atoms with Crippen molar-refractivity contribution >= 4 is 35.2 Å². The zero-order valence-electron chi connectivity index (χ0n) is 17.7. The Morgan fingerprint density at radius 3 is 2.18 bits per heavy atom. The summed E-state index contributed by atoms with van der Waals surface area (Å²) in [6, 6.07) is 19.3. The summed E-state index contributed by atoms with van der Waals surface area (Å²) in [6.07, 6.45) is -1.61. The molecule has 0 unspecified atom stereocenters. The molecule has 0 bridgehead atoms. The summed E-state index contributed by atoms with van der Waals surface area (Å²) < 4.78 is 38.6. The molecule has 0 aliphatic rings. The lowest BCUT2D eigenvalue weighted by atomic mass is 10.1. The Bertz CT molecular complexity index is 1210. The number of rotatable bonds is 7. The van der Waals surface area contributed by atoms with Crippen LogP contribution < -0.4 is 16.0 Å². The molecule has 174 valence electrons. The average molecular weight is 467 g/mol. The average Bonchev–Trinajstić information content (AvgIpc) is 2.82. The van der Waals surface area contributed by atoms with Gasteiger partial charge in [0.05, 0.1) is 12.1 Å². The van der Waals surface area contributed by atoms with E-state index in [0.717, 1.165) is 17.7 Å². The molecule has 34 heavy (non-hydrogen) atoms. The second kappa shape index (κ2) is 11.0. The van der Waals surface area contributed by atoms with Crippen LogP contribution in [0.5, 0.6) is 0 Å². The highest BCUT2D eigenvalue weighted by atomic mass is 19.4. The van der Waals surface area contributed by atoms with Crippen molar-refractivity contribution in [1.29, 1.82) is 0 Å². The minimum Gasteiger partial charge on any atom is -0.343 e. The van der Waals surface area contributed by atoms with E-state index in [1.54, 1.807) is 6.08 Å². The van der Waals surface area contributed by atoms with Gasteiger partial charge in [-0.25, -0.2) is 0 Å². The number of anilines is 2. The second-order valence-electron chi connectivity index (χ2n) is 7.12. The van der Waals surface area contributed by atoms with Crippen LogP contribution in [0.15, 0.2) is 84.9 Å². The molecule has 0 aliphatic heterocycles. The Labute approximate surface area is 193 Å². The zero-order valence-corrected chi connectivity index (χ0v) is 17.7. The van der Waals surface area contributed by atoms with Crippen LogP contribution in [0, 0.1) is 0 Å². The molecule has 0 saturated heterocycles. The summed E-state index contributed by atoms with van der Waals surface area (Å²) in [4.78, 5) is 36.5. The number of halogens is 3. The van der Waals surface area contributed by atoms with E-state index in [-0.39, 0.29) is 23.5 Å². The van der Waals surface area contributed by atoms with Gasteiger partial charge < -0.3 is 16.0 Å². The van der Waals surface area contributed by atoms with E-state index in [0.29, 0.717) is 0 Å². The van der Waals surface area contributed by atoms with Gasteiger partial charge in [0, 0.05) is 23.0 Å². The first-order chi connectivity index (χ1) is 16.2. The van der Waals surface area contributed by atoms with E-state index in [2.05, 4.69) is 16.0 Å². The van der Waals surface area contributed by atoms with Crippen LogP contribution >= 0.6 is 0 Å². The quantitative estimate of drug-likeness (QED) is 0.439. The third kappa shape index (κ3) is 7.33. The van der Waals surface area contributed by atoms with Crippen LogP contribution in [-0.2, 0) is 15.8 Å². The molecule has 6 nitrogen and oxygen atoms in total. The molecule has 0 aromatic heterocycles.